The summed E-state index contributed by atoms with van der Waals surface area (Å²) in [6.45, 7) is 0. The summed E-state index contributed by atoms with van der Waals surface area (Å²) in [4.78, 5) is 12.3. The number of phenolic OH excluding ortho intramolecular Hbond substituents is 1. The molecule has 0 spiro atoms. The number of hydrogen-bond acceptors (Lipinski definition) is 3. The first-order chi connectivity index (χ1) is 13.5. The molecule has 0 fully saturated rings. The molecule has 5 nitrogen and oxygen atoms in total. The number of anilines is 1. The molecule has 2 aromatic carbocycles. The van der Waals surface area contributed by atoms with E-state index in [1.165, 1.54) is 24.3 Å². The number of carbonyl (C=O) groups is 1. The van der Waals surface area contributed by atoms with Crippen LogP contribution in [-0.2, 0) is 12.4 Å². The van der Waals surface area contributed by atoms with Crippen molar-refractivity contribution in [3.63, 3.8) is 0 Å². The van der Waals surface area contributed by atoms with Gasteiger partial charge in [-0.25, -0.2) is 4.68 Å². The van der Waals surface area contributed by atoms with E-state index in [9.17, 15) is 36.2 Å². The Labute approximate surface area is 159 Å². The summed E-state index contributed by atoms with van der Waals surface area (Å²) in [5, 5.41) is 15.2. The summed E-state index contributed by atoms with van der Waals surface area (Å²) < 4.78 is 79.8. The molecule has 0 bridgehead atoms. The van der Waals surface area contributed by atoms with Gasteiger partial charge in [0, 0.05) is 0 Å². The fourth-order valence-electron chi connectivity index (χ4n) is 2.57. The van der Waals surface area contributed by atoms with E-state index in [1.54, 1.807) is 0 Å². The number of para-hydroxylation sites is 2. The lowest BCUT2D eigenvalue weighted by Crippen LogP contribution is -2.21. The molecule has 0 atom stereocenters. The molecule has 29 heavy (non-hydrogen) atoms. The lowest BCUT2D eigenvalue weighted by molar-refractivity contribution is -0.143. The fraction of sp³-hybridized carbons (Fsp3) is 0.111. The van der Waals surface area contributed by atoms with Crippen molar-refractivity contribution in [1.29, 1.82) is 0 Å². The maximum Gasteiger partial charge on any atom is 0.434 e. The molecular formula is C18H11F6N3O2. The number of aromatic nitrogens is 2. The second-order valence-corrected chi connectivity index (χ2v) is 5.84. The van der Waals surface area contributed by atoms with Crippen molar-refractivity contribution in [3.05, 3.63) is 71.5 Å². The zero-order valence-electron chi connectivity index (χ0n) is 14.2. The van der Waals surface area contributed by atoms with Crippen LogP contribution in [-0.4, -0.2) is 20.8 Å². The maximum absolute atomic E-state index is 13.6. The Balaban J connectivity index is 2.07. The molecular weight excluding hydrogens is 404 g/mol. The number of carbonyl (C=O) groups excluding carboxylic acids is 1. The summed E-state index contributed by atoms with van der Waals surface area (Å²) in [6.07, 6.45) is -9.28. The summed E-state index contributed by atoms with van der Waals surface area (Å²) in [6, 6.07) is 8.48. The van der Waals surface area contributed by atoms with E-state index in [0.29, 0.717) is 18.3 Å². The third-order valence-corrected chi connectivity index (χ3v) is 3.85. The van der Waals surface area contributed by atoms with Gasteiger partial charge in [-0.3, -0.25) is 4.79 Å². The molecule has 0 radical (unpaired) electrons. The van der Waals surface area contributed by atoms with Crippen molar-refractivity contribution in [2.45, 2.75) is 12.4 Å². The van der Waals surface area contributed by atoms with Crippen LogP contribution in [0.5, 0.6) is 5.75 Å². The van der Waals surface area contributed by atoms with Crippen LogP contribution >= 0.6 is 0 Å². The Kier molecular flexibility index (Phi) is 4.99. The number of benzene rings is 2. The number of halogens is 6. The number of nitrogens with zero attached hydrogens (tertiary/aromatic N) is 2. The zero-order valence-corrected chi connectivity index (χ0v) is 14.2. The van der Waals surface area contributed by atoms with Gasteiger partial charge in [-0.15, -0.1) is 0 Å². The van der Waals surface area contributed by atoms with Gasteiger partial charge in [-0.2, -0.15) is 31.4 Å². The molecule has 0 unspecified atom stereocenters. The zero-order chi connectivity index (χ0) is 21.4. The van der Waals surface area contributed by atoms with Crippen LogP contribution in [0.1, 0.15) is 21.6 Å². The average Bonchev–Trinajstić information content (AvgIpc) is 3.09. The summed E-state index contributed by atoms with van der Waals surface area (Å²) >= 11 is 0. The van der Waals surface area contributed by atoms with Gasteiger partial charge >= 0.3 is 12.4 Å². The van der Waals surface area contributed by atoms with Gasteiger partial charge in [0.2, 0.25) is 0 Å². The van der Waals surface area contributed by atoms with Crippen LogP contribution in [0.3, 0.4) is 0 Å². The maximum atomic E-state index is 13.6. The normalized spacial score (nSPS) is 12.1. The van der Waals surface area contributed by atoms with Crippen molar-refractivity contribution in [2.75, 3.05) is 5.32 Å². The van der Waals surface area contributed by atoms with E-state index >= 15 is 0 Å². The lowest BCUT2D eigenvalue weighted by Gasteiger charge is -2.14. The second kappa shape index (κ2) is 7.15. The number of phenols is 1. The Morgan fingerprint density at radius 3 is 2.28 bits per heavy atom. The molecule has 0 saturated heterocycles. The van der Waals surface area contributed by atoms with Gasteiger partial charge in [0.25, 0.3) is 5.91 Å². The third-order valence-electron chi connectivity index (χ3n) is 3.85. The van der Waals surface area contributed by atoms with Crippen molar-refractivity contribution >= 4 is 11.6 Å². The predicted octanol–water partition coefficient (Wildman–Crippen LogP) is 4.87. The van der Waals surface area contributed by atoms with Crippen molar-refractivity contribution in [2.24, 2.45) is 0 Å². The lowest BCUT2D eigenvalue weighted by atomic mass is 10.1. The minimum absolute atomic E-state index is 0.141. The molecule has 0 saturated carbocycles. The number of rotatable bonds is 3. The first-order valence-corrected chi connectivity index (χ1v) is 7.90. The van der Waals surface area contributed by atoms with Crippen molar-refractivity contribution in [1.82, 2.24) is 9.78 Å². The summed E-state index contributed by atoms with van der Waals surface area (Å²) in [5.41, 5.74) is -4.30. The summed E-state index contributed by atoms with van der Waals surface area (Å²) in [7, 11) is 0. The molecule has 1 heterocycles. The third kappa shape index (κ3) is 4.18. The highest BCUT2D eigenvalue weighted by Crippen LogP contribution is 2.36. The summed E-state index contributed by atoms with van der Waals surface area (Å²) in [5.74, 6) is -1.61. The molecule has 1 aromatic heterocycles. The van der Waals surface area contributed by atoms with Gasteiger partial charge in [0.05, 0.1) is 28.7 Å². The number of hydrogen-bond donors (Lipinski definition) is 2. The Morgan fingerprint density at radius 2 is 1.66 bits per heavy atom. The molecule has 11 heteroatoms. The van der Waals surface area contributed by atoms with E-state index in [2.05, 4.69) is 10.4 Å². The molecule has 0 aliphatic heterocycles. The van der Waals surface area contributed by atoms with Crippen LogP contribution < -0.4 is 5.32 Å². The number of aromatic hydroxyl groups is 1. The molecule has 152 valence electrons. The first kappa shape index (κ1) is 20.2. The van der Waals surface area contributed by atoms with E-state index in [0.717, 1.165) is 12.1 Å². The Bertz CT molecular complexity index is 1060. The van der Waals surface area contributed by atoms with Crippen LogP contribution in [0.4, 0.5) is 32.0 Å². The highest BCUT2D eigenvalue weighted by molar-refractivity contribution is 6.05. The Morgan fingerprint density at radius 1 is 0.966 bits per heavy atom. The molecule has 1 amide bonds. The van der Waals surface area contributed by atoms with Crippen LogP contribution in [0, 0.1) is 0 Å². The standard InChI is InChI=1S/C18H11F6N3O2/c19-17(20,21)10-4-3-5-11(8-10)27-15(18(22,23)24)12(9-25-27)16(29)26-13-6-1-2-7-14(13)28/h1-9,28H,(H,26,29). The topological polar surface area (TPSA) is 67.2 Å². The van der Waals surface area contributed by atoms with E-state index in [-0.39, 0.29) is 16.1 Å². The minimum Gasteiger partial charge on any atom is -0.506 e. The van der Waals surface area contributed by atoms with E-state index < -0.39 is 40.8 Å². The predicted molar refractivity (Wildman–Crippen MR) is 89.6 cm³/mol. The minimum atomic E-state index is -5.10. The highest BCUT2D eigenvalue weighted by atomic mass is 19.4. The SMILES string of the molecule is O=C(Nc1ccccc1O)c1cnn(-c2cccc(C(F)(F)F)c2)c1C(F)(F)F. The van der Waals surface area contributed by atoms with Crippen LogP contribution in [0.25, 0.3) is 5.69 Å². The van der Waals surface area contributed by atoms with Crippen LogP contribution in [0.2, 0.25) is 0 Å². The van der Waals surface area contributed by atoms with Crippen molar-refractivity contribution < 1.29 is 36.2 Å². The Hall–Kier alpha value is -3.50. The first-order valence-electron chi connectivity index (χ1n) is 7.90. The number of nitrogens with one attached hydrogen (secondary N) is 1. The second-order valence-electron chi connectivity index (χ2n) is 5.84. The molecule has 0 aliphatic rings. The molecule has 0 aliphatic carbocycles. The van der Waals surface area contributed by atoms with E-state index in [4.69, 9.17) is 0 Å². The number of alkyl halides is 6. The molecule has 3 rings (SSSR count). The largest absolute Gasteiger partial charge is 0.506 e. The quantitative estimate of drug-likeness (QED) is 0.474. The van der Waals surface area contributed by atoms with Crippen LogP contribution in [0.15, 0.2) is 54.7 Å². The van der Waals surface area contributed by atoms with Gasteiger partial charge in [-0.05, 0) is 30.3 Å². The monoisotopic (exact) mass is 415 g/mol. The smallest absolute Gasteiger partial charge is 0.434 e. The van der Waals surface area contributed by atoms with Gasteiger partial charge < -0.3 is 10.4 Å². The molecule has 3 aromatic rings. The highest BCUT2D eigenvalue weighted by Gasteiger charge is 2.41. The molecule has 2 N–H and O–H groups in total. The van der Waals surface area contributed by atoms with Gasteiger partial charge in [-0.1, -0.05) is 18.2 Å². The average molecular weight is 415 g/mol. The van der Waals surface area contributed by atoms with E-state index in [1.807, 2.05) is 0 Å². The fourth-order valence-corrected chi connectivity index (χ4v) is 2.57. The van der Waals surface area contributed by atoms with Gasteiger partial charge in [0.15, 0.2) is 5.69 Å². The number of amides is 1. The van der Waals surface area contributed by atoms with Gasteiger partial charge in [0.1, 0.15) is 5.75 Å². The van der Waals surface area contributed by atoms with Crippen molar-refractivity contribution in [3.8, 4) is 11.4 Å².